The minimum atomic E-state index is -1.02. The van der Waals surface area contributed by atoms with Crippen LogP contribution in [0.2, 0.25) is 5.15 Å². The van der Waals surface area contributed by atoms with E-state index in [1.807, 2.05) is 0 Å². The molecular formula is C16H18ClN3O3. The Morgan fingerprint density at radius 2 is 2.13 bits per heavy atom. The lowest BCUT2D eigenvalue weighted by molar-refractivity contribution is -0.130. The van der Waals surface area contributed by atoms with Crippen molar-refractivity contribution >= 4 is 23.5 Å². The second-order valence-electron chi connectivity index (χ2n) is 5.63. The van der Waals surface area contributed by atoms with E-state index in [1.54, 1.807) is 6.07 Å². The Balaban J connectivity index is 1.99. The van der Waals surface area contributed by atoms with Crippen molar-refractivity contribution in [3.63, 3.8) is 0 Å². The fourth-order valence-electron chi connectivity index (χ4n) is 2.57. The molecule has 0 bridgehead atoms. The highest BCUT2D eigenvalue weighted by atomic mass is 35.5. The first-order valence-corrected chi connectivity index (χ1v) is 7.90. The van der Waals surface area contributed by atoms with Gasteiger partial charge in [-0.15, -0.1) is 0 Å². The van der Waals surface area contributed by atoms with Crippen molar-refractivity contribution in [3.05, 3.63) is 29.0 Å². The number of nitrogens with zero attached hydrogens (tertiary/aromatic N) is 2. The summed E-state index contributed by atoms with van der Waals surface area (Å²) in [6, 6.07) is 5.22. The van der Waals surface area contributed by atoms with Gasteiger partial charge < -0.3 is 10.1 Å². The molecule has 0 radical (unpaired) electrons. The van der Waals surface area contributed by atoms with Crippen LogP contribution in [0, 0.1) is 11.3 Å². The second kappa shape index (κ2) is 7.42. The third-order valence-corrected chi connectivity index (χ3v) is 4.22. The second-order valence-corrected chi connectivity index (χ2v) is 5.99. The summed E-state index contributed by atoms with van der Waals surface area (Å²) < 4.78 is 5.13. The van der Waals surface area contributed by atoms with Crippen LogP contribution in [0.1, 0.15) is 49.4 Å². The van der Waals surface area contributed by atoms with Crippen molar-refractivity contribution < 1.29 is 14.3 Å². The predicted molar refractivity (Wildman–Crippen MR) is 83.7 cm³/mol. The molecule has 0 saturated heterocycles. The average molecular weight is 336 g/mol. The van der Waals surface area contributed by atoms with Crippen LogP contribution in [-0.4, -0.2) is 28.5 Å². The molecule has 1 fully saturated rings. The molecule has 1 aromatic heterocycles. The lowest BCUT2D eigenvalue weighted by atomic mass is 9.83. The first kappa shape index (κ1) is 17.2. The standard InChI is InChI=1S/C16H18ClN3O3/c1-11(23-15(22)12-6-5-9-19-13(12)17)14(21)20-16(10-18)7-3-2-4-8-16/h5-6,9,11H,2-4,7-8H2,1H3,(H,20,21)/t11-/m1/s1. The van der Waals surface area contributed by atoms with Crippen molar-refractivity contribution in [2.45, 2.75) is 50.7 Å². The SMILES string of the molecule is C[C@@H](OC(=O)c1cccnc1Cl)C(=O)NC1(C#N)CCCCC1. The smallest absolute Gasteiger partial charge is 0.342 e. The van der Waals surface area contributed by atoms with Gasteiger partial charge in [0, 0.05) is 6.20 Å². The van der Waals surface area contributed by atoms with E-state index in [1.165, 1.54) is 19.2 Å². The fraction of sp³-hybridized carbons (Fsp3) is 0.500. The molecule has 1 aliphatic rings. The Hall–Kier alpha value is -2.13. The number of ether oxygens (including phenoxy) is 1. The molecule has 0 aliphatic heterocycles. The molecule has 1 aliphatic carbocycles. The van der Waals surface area contributed by atoms with Gasteiger partial charge in [0.2, 0.25) is 0 Å². The van der Waals surface area contributed by atoms with Crippen LogP contribution in [0.4, 0.5) is 0 Å². The average Bonchev–Trinajstić information content (AvgIpc) is 2.55. The molecule has 0 unspecified atom stereocenters. The lowest BCUT2D eigenvalue weighted by Gasteiger charge is -2.32. The number of nitrogens with one attached hydrogen (secondary N) is 1. The summed E-state index contributed by atoms with van der Waals surface area (Å²) in [6.07, 6.45) is 4.51. The summed E-state index contributed by atoms with van der Waals surface area (Å²) in [4.78, 5) is 28.1. The largest absolute Gasteiger partial charge is 0.449 e. The zero-order valence-electron chi connectivity index (χ0n) is 12.8. The Bertz CT molecular complexity index is 636. The van der Waals surface area contributed by atoms with Crippen molar-refractivity contribution in [2.75, 3.05) is 0 Å². The maximum absolute atomic E-state index is 12.2. The van der Waals surface area contributed by atoms with E-state index in [9.17, 15) is 14.9 Å². The van der Waals surface area contributed by atoms with Crippen LogP contribution in [0.25, 0.3) is 0 Å². The zero-order chi connectivity index (χ0) is 16.9. The van der Waals surface area contributed by atoms with Gasteiger partial charge in [-0.25, -0.2) is 9.78 Å². The van der Waals surface area contributed by atoms with Crippen LogP contribution in [-0.2, 0) is 9.53 Å². The number of rotatable bonds is 4. The number of hydrogen-bond acceptors (Lipinski definition) is 5. The highest BCUT2D eigenvalue weighted by molar-refractivity contribution is 6.32. The molecule has 2 rings (SSSR count). The minimum Gasteiger partial charge on any atom is -0.449 e. The molecule has 1 heterocycles. The van der Waals surface area contributed by atoms with Gasteiger partial charge >= 0.3 is 5.97 Å². The van der Waals surface area contributed by atoms with Gasteiger partial charge in [-0.1, -0.05) is 30.9 Å². The van der Waals surface area contributed by atoms with Crippen LogP contribution in [0.15, 0.2) is 18.3 Å². The molecule has 1 aromatic rings. The van der Waals surface area contributed by atoms with E-state index >= 15 is 0 Å². The van der Waals surface area contributed by atoms with Gasteiger partial charge in [0.25, 0.3) is 5.91 Å². The number of hydrogen-bond donors (Lipinski definition) is 1. The summed E-state index contributed by atoms with van der Waals surface area (Å²) in [5, 5.41) is 12.1. The van der Waals surface area contributed by atoms with E-state index in [2.05, 4.69) is 16.4 Å². The van der Waals surface area contributed by atoms with Crippen molar-refractivity contribution in [1.29, 1.82) is 5.26 Å². The number of aromatic nitrogens is 1. The van der Waals surface area contributed by atoms with E-state index in [0.717, 1.165) is 19.3 Å². The van der Waals surface area contributed by atoms with Crippen molar-refractivity contribution in [3.8, 4) is 6.07 Å². The number of carbonyl (C=O) groups is 2. The van der Waals surface area contributed by atoms with E-state index in [0.29, 0.717) is 12.8 Å². The molecule has 0 aromatic carbocycles. The minimum absolute atomic E-state index is 0.0193. The highest BCUT2D eigenvalue weighted by Gasteiger charge is 2.35. The third-order valence-electron chi connectivity index (χ3n) is 3.92. The Morgan fingerprint density at radius 1 is 1.43 bits per heavy atom. The number of carbonyl (C=O) groups excluding carboxylic acids is 2. The summed E-state index contributed by atoms with van der Waals surface area (Å²) in [5.41, 5.74) is -0.761. The summed E-state index contributed by atoms with van der Waals surface area (Å²) >= 11 is 5.83. The van der Waals surface area contributed by atoms with Crippen LogP contribution in [0.5, 0.6) is 0 Å². The van der Waals surface area contributed by atoms with Crippen LogP contribution in [0.3, 0.4) is 0 Å². The van der Waals surface area contributed by atoms with Gasteiger partial charge in [-0.05, 0) is 31.9 Å². The summed E-state index contributed by atoms with van der Waals surface area (Å²) in [7, 11) is 0. The highest BCUT2D eigenvalue weighted by Crippen LogP contribution is 2.27. The van der Waals surface area contributed by atoms with Gasteiger partial charge in [0.05, 0.1) is 11.6 Å². The predicted octanol–water partition coefficient (Wildman–Crippen LogP) is 2.62. The normalized spacial score (nSPS) is 17.6. The van der Waals surface area contributed by atoms with Gasteiger partial charge in [0.15, 0.2) is 6.10 Å². The molecule has 6 nitrogen and oxygen atoms in total. The molecule has 122 valence electrons. The maximum Gasteiger partial charge on any atom is 0.342 e. The lowest BCUT2D eigenvalue weighted by Crippen LogP contribution is -2.52. The molecule has 1 saturated carbocycles. The number of pyridine rings is 1. The van der Waals surface area contributed by atoms with E-state index < -0.39 is 23.5 Å². The van der Waals surface area contributed by atoms with Crippen LogP contribution >= 0.6 is 11.6 Å². The Kier molecular flexibility index (Phi) is 5.56. The topological polar surface area (TPSA) is 92.1 Å². The number of amides is 1. The molecule has 0 spiro atoms. The molecule has 7 heteroatoms. The molecular weight excluding hydrogens is 318 g/mol. The van der Waals surface area contributed by atoms with E-state index in [4.69, 9.17) is 16.3 Å². The monoisotopic (exact) mass is 335 g/mol. The number of esters is 1. The fourth-order valence-corrected chi connectivity index (χ4v) is 2.77. The maximum atomic E-state index is 12.2. The molecule has 23 heavy (non-hydrogen) atoms. The van der Waals surface area contributed by atoms with Gasteiger partial charge in [0.1, 0.15) is 10.7 Å². The zero-order valence-corrected chi connectivity index (χ0v) is 13.6. The van der Waals surface area contributed by atoms with Crippen LogP contribution < -0.4 is 5.32 Å². The first-order chi connectivity index (χ1) is 11.0. The summed E-state index contributed by atoms with van der Waals surface area (Å²) in [5.74, 6) is -1.21. The van der Waals surface area contributed by atoms with Crippen molar-refractivity contribution in [2.24, 2.45) is 0 Å². The summed E-state index contributed by atoms with van der Waals surface area (Å²) in [6.45, 7) is 1.46. The van der Waals surface area contributed by atoms with Gasteiger partial charge in [-0.2, -0.15) is 5.26 Å². The van der Waals surface area contributed by atoms with Gasteiger partial charge in [-0.3, -0.25) is 4.79 Å². The molecule has 1 atom stereocenters. The number of halogens is 1. The Morgan fingerprint density at radius 3 is 2.74 bits per heavy atom. The first-order valence-electron chi connectivity index (χ1n) is 7.52. The Labute approximate surface area is 139 Å². The third kappa shape index (κ3) is 4.20. The van der Waals surface area contributed by atoms with E-state index in [-0.39, 0.29) is 10.7 Å². The molecule has 1 amide bonds. The quantitative estimate of drug-likeness (QED) is 0.674. The molecule has 1 N–H and O–H groups in total. The number of nitriles is 1. The van der Waals surface area contributed by atoms with Crippen molar-refractivity contribution in [1.82, 2.24) is 10.3 Å².